The van der Waals surface area contributed by atoms with Gasteiger partial charge in [-0.05, 0) is 36.8 Å². The first-order valence-electron chi connectivity index (χ1n) is 7.61. The Morgan fingerprint density at radius 2 is 1.95 bits per heavy atom. The molecule has 2 aromatic rings. The molecule has 0 fully saturated rings. The molecule has 0 aliphatic rings. The van der Waals surface area contributed by atoms with E-state index in [0.717, 1.165) is 12.0 Å². The molecule has 0 radical (unpaired) electrons. The second-order valence-electron chi connectivity index (χ2n) is 5.63. The summed E-state index contributed by atoms with van der Waals surface area (Å²) in [5.41, 5.74) is 2.10. The molecule has 1 aromatic carbocycles. The highest BCUT2D eigenvalue weighted by molar-refractivity contribution is 5.58. The topological polar surface area (TPSA) is 46.9 Å². The smallest absolute Gasteiger partial charge is 0.271 e. The normalized spacial score (nSPS) is 11.1. The van der Waals surface area contributed by atoms with Crippen LogP contribution in [0.1, 0.15) is 32.8 Å². The fourth-order valence-electron chi connectivity index (χ4n) is 2.16. The lowest BCUT2D eigenvalue weighted by Crippen LogP contribution is -2.31. The Hall–Kier alpha value is -2.01. The fraction of sp³-hybridized carbons (Fsp3) is 0.412. The summed E-state index contributed by atoms with van der Waals surface area (Å²) >= 11 is 0. The molecule has 0 aliphatic carbocycles. The molecule has 1 N–H and O–H groups in total. The van der Waals surface area contributed by atoms with Crippen molar-refractivity contribution in [3.8, 4) is 11.3 Å². The molecule has 1 heterocycles. The van der Waals surface area contributed by atoms with Gasteiger partial charge in [0.25, 0.3) is 5.56 Å². The average molecular weight is 303 g/mol. The first kappa shape index (κ1) is 16.4. The Morgan fingerprint density at radius 1 is 1.27 bits per heavy atom. The zero-order valence-corrected chi connectivity index (χ0v) is 13.3. The van der Waals surface area contributed by atoms with Crippen LogP contribution < -0.4 is 10.9 Å². The van der Waals surface area contributed by atoms with E-state index < -0.39 is 0 Å². The quantitative estimate of drug-likeness (QED) is 0.892. The van der Waals surface area contributed by atoms with Crippen LogP contribution in [0.4, 0.5) is 4.39 Å². The molecule has 5 heteroatoms. The summed E-state index contributed by atoms with van der Waals surface area (Å²) in [6.45, 7) is 7.14. The minimum absolute atomic E-state index is 0.0686. The van der Waals surface area contributed by atoms with E-state index in [1.807, 2.05) is 20.8 Å². The molecule has 0 saturated carbocycles. The van der Waals surface area contributed by atoms with E-state index >= 15 is 0 Å². The van der Waals surface area contributed by atoms with Gasteiger partial charge in [-0.3, -0.25) is 4.79 Å². The van der Waals surface area contributed by atoms with Gasteiger partial charge in [0.1, 0.15) is 5.82 Å². The van der Waals surface area contributed by atoms with E-state index in [9.17, 15) is 9.18 Å². The number of hydrogen-bond donors (Lipinski definition) is 1. The van der Waals surface area contributed by atoms with Crippen molar-refractivity contribution in [1.82, 2.24) is 15.1 Å². The van der Waals surface area contributed by atoms with E-state index in [1.165, 1.54) is 16.8 Å². The highest BCUT2D eigenvalue weighted by Crippen LogP contribution is 2.17. The Morgan fingerprint density at radius 3 is 2.55 bits per heavy atom. The molecule has 4 nitrogen and oxygen atoms in total. The molecule has 0 aliphatic heterocycles. The Balaban J connectivity index is 2.44. The van der Waals surface area contributed by atoms with E-state index in [1.54, 1.807) is 18.2 Å². The zero-order chi connectivity index (χ0) is 16.1. The van der Waals surface area contributed by atoms with Crippen molar-refractivity contribution < 1.29 is 4.39 Å². The van der Waals surface area contributed by atoms with Gasteiger partial charge in [0.2, 0.25) is 0 Å². The van der Waals surface area contributed by atoms with E-state index in [2.05, 4.69) is 10.4 Å². The summed E-state index contributed by atoms with van der Waals surface area (Å²) in [7, 11) is 0. The lowest BCUT2D eigenvalue weighted by atomic mass is 10.1. The monoisotopic (exact) mass is 303 g/mol. The largest absolute Gasteiger partial charge is 0.310 e. The Labute approximate surface area is 130 Å². The minimum Gasteiger partial charge on any atom is -0.310 e. The molecule has 1 aromatic heterocycles. The van der Waals surface area contributed by atoms with E-state index in [4.69, 9.17) is 0 Å². The van der Waals surface area contributed by atoms with Crippen molar-refractivity contribution in [2.45, 2.75) is 46.3 Å². The molecule has 0 spiro atoms. The van der Waals surface area contributed by atoms with Gasteiger partial charge in [0, 0.05) is 30.3 Å². The predicted molar refractivity (Wildman–Crippen MR) is 86.2 cm³/mol. The summed E-state index contributed by atoms with van der Waals surface area (Å²) < 4.78 is 14.6. The van der Waals surface area contributed by atoms with Gasteiger partial charge < -0.3 is 5.32 Å². The molecular formula is C17H22FN3O. The van der Waals surface area contributed by atoms with Gasteiger partial charge in [-0.25, -0.2) is 9.07 Å². The number of benzene rings is 1. The van der Waals surface area contributed by atoms with Gasteiger partial charge in [-0.15, -0.1) is 0 Å². The lowest BCUT2D eigenvalue weighted by molar-refractivity contribution is 0.544. The predicted octanol–water partition coefficient (Wildman–Crippen LogP) is 2.96. The third kappa shape index (κ3) is 4.01. The van der Waals surface area contributed by atoms with Crippen LogP contribution in [0.2, 0.25) is 0 Å². The first-order chi connectivity index (χ1) is 10.5. The van der Waals surface area contributed by atoms with Gasteiger partial charge >= 0.3 is 0 Å². The van der Waals surface area contributed by atoms with Crippen LogP contribution in [0.5, 0.6) is 0 Å². The third-order valence-electron chi connectivity index (χ3n) is 3.32. The van der Waals surface area contributed by atoms with E-state index in [-0.39, 0.29) is 11.4 Å². The van der Waals surface area contributed by atoms with Crippen molar-refractivity contribution in [2.75, 3.05) is 0 Å². The zero-order valence-electron chi connectivity index (χ0n) is 13.3. The first-order valence-corrected chi connectivity index (χ1v) is 7.61. The van der Waals surface area contributed by atoms with Crippen molar-refractivity contribution in [3.63, 3.8) is 0 Å². The average Bonchev–Trinajstić information content (AvgIpc) is 2.49. The van der Waals surface area contributed by atoms with Crippen molar-refractivity contribution >= 4 is 0 Å². The van der Waals surface area contributed by atoms with Gasteiger partial charge in [-0.2, -0.15) is 5.10 Å². The number of nitrogens with zero attached hydrogens (tertiary/aromatic N) is 2. The molecule has 118 valence electrons. The van der Waals surface area contributed by atoms with Crippen LogP contribution in [0, 0.1) is 5.82 Å². The Kier molecular flexibility index (Phi) is 5.44. The van der Waals surface area contributed by atoms with Crippen molar-refractivity contribution in [2.24, 2.45) is 0 Å². The molecule has 0 amide bonds. The molecule has 0 bridgehead atoms. The van der Waals surface area contributed by atoms with Crippen LogP contribution in [0.25, 0.3) is 11.3 Å². The molecule has 22 heavy (non-hydrogen) atoms. The summed E-state index contributed by atoms with van der Waals surface area (Å²) in [5, 5.41) is 7.66. The second-order valence-corrected chi connectivity index (χ2v) is 5.63. The van der Waals surface area contributed by atoms with Gasteiger partial charge in [0.15, 0.2) is 0 Å². The van der Waals surface area contributed by atoms with Crippen LogP contribution in [0.15, 0.2) is 35.1 Å². The minimum atomic E-state index is -0.285. The van der Waals surface area contributed by atoms with Crippen molar-refractivity contribution in [1.29, 1.82) is 0 Å². The summed E-state index contributed by atoms with van der Waals surface area (Å²) in [6.07, 6.45) is 0.830. The highest BCUT2D eigenvalue weighted by Gasteiger charge is 2.10. The lowest BCUT2D eigenvalue weighted by Gasteiger charge is -2.12. The van der Waals surface area contributed by atoms with Crippen LogP contribution in [-0.2, 0) is 13.1 Å². The van der Waals surface area contributed by atoms with Gasteiger partial charge in [-0.1, -0.05) is 20.8 Å². The Bertz CT molecular complexity index is 677. The second kappa shape index (κ2) is 7.31. The number of hydrogen-bond acceptors (Lipinski definition) is 3. The third-order valence-corrected chi connectivity index (χ3v) is 3.32. The summed E-state index contributed by atoms with van der Waals surface area (Å²) in [4.78, 5) is 12.4. The maximum Gasteiger partial charge on any atom is 0.271 e. The van der Waals surface area contributed by atoms with Crippen LogP contribution in [0.3, 0.4) is 0 Å². The maximum atomic E-state index is 13.1. The maximum absolute atomic E-state index is 13.1. The molecule has 0 unspecified atom stereocenters. The number of rotatable bonds is 6. The van der Waals surface area contributed by atoms with Crippen molar-refractivity contribution in [3.05, 3.63) is 52.1 Å². The summed E-state index contributed by atoms with van der Waals surface area (Å²) in [6, 6.07) is 8.24. The van der Waals surface area contributed by atoms with Crippen LogP contribution in [-0.4, -0.2) is 15.8 Å². The number of aromatic nitrogens is 2. The molecule has 0 atom stereocenters. The summed E-state index contributed by atoms with van der Waals surface area (Å²) in [5.74, 6) is -0.285. The SMILES string of the molecule is CCCn1nc(-c2ccc(F)cc2)cc(CNC(C)C)c1=O. The highest BCUT2D eigenvalue weighted by atomic mass is 19.1. The molecular weight excluding hydrogens is 281 g/mol. The number of halogens is 1. The number of aryl methyl sites for hydroxylation is 1. The van der Waals surface area contributed by atoms with Crippen LogP contribution >= 0.6 is 0 Å². The standard InChI is InChI=1S/C17H22FN3O/c1-4-9-21-17(22)14(11-19-12(2)3)10-16(20-21)13-5-7-15(18)8-6-13/h5-8,10,12,19H,4,9,11H2,1-3H3. The molecule has 0 saturated heterocycles. The fourth-order valence-corrected chi connectivity index (χ4v) is 2.16. The number of nitrogens with one attached hydrogen (secondary N) is 1. The van der Waals surface area contributed by atoms with E-state index in [0.29, 0.717) is 30.4 Å². The molecule has 2 rings (SSSR count). The van der Waals surface area contributed by atoms with Gasteiger partial charge in [0.05, 0.1) is 5.69 Å².